The third kappa shape index (κ3) is 3.04. The summed E-state index contributed by atoms with van der Waals surface area (Å²) in [6.45, 7) is 0. The molecular formula is C13H15N3O3. The number of nitrogens with one attached hydrogen (secondary N) is 1. The minimum atomic E-state index is -0.233. The molecule has 2 rings (SSSR count). The van der Waals surface area contributed by atoms with E-state index in [1.807, 2.05) is 0 Å². The Morgan fingerprint density at radius 3 is 2.32 bits per heavy atom. The van der Waals surface area contributed by atoms with Crippen molar-refractivity contribution in [2.75, 3.05) is 19.5 Å². The molecule has 0 aliphatic rings. The normalized spacial score (nSPS) is 10.1. The van der Waals surface area contributed by atoms with Gasteiger partial charge in [0.05, 0.1) is 26.0 Å². The number of methoxy groups -OCH3 is 2. The predicted octanol–water partition coefficient (Wildman–Crippen LogP) is 1.69. The molecule has 0 bridgehead atoms. The first kappa shape index (κ1) is 12.9. The average molecular weight is 261 g/mol. The van der Waals surface area contributed by atoms with Gasteiger partial charge in [0.25, 0.3) is 5.91 Å². The van der Waals surface area contributed by atoms with Gasteiger partial charge in [-0.1, -0.05) is 0 Å². The number of nitrogens with zero attached hydrogens (tertiary/aromatic N) is 2. The second-order valence-corrected chi connectivity index (χ2v) is 3.96. The van der Waals surface area contributed by atoms with Gasteiger partial charge in [-0.3, -0.25) is 9.48 Å². The Morgan fingerprint density at radius 1 is 1.21 bits per heavy atom. The Balaban J connectivity index is 2.20. The number of aromatic nitrogens is 2. The summed E-state index contributed by atoms with van der Waals surface area (Å²) in [4.78, 5) is 12.0. The van der Waals surface area contributed by atoms with Crippen LogP contribution in [0.4, 0.5) is 5.69 Å². The number of carbonyl (C=O) groups excluding carboxylic acids is 1. The first-order valence-electron chi connectivity index (χ1n) is 5.65. The number of aryl methyl sites for hydroxylation is 1. The van der Waals surface area contributed by atoms with Crippen molar-refractivity contribution in [3.8, 4) is 11.5 Å². The van der Waals surface area contributed by atoms with Gasteiger partial charge in [0.2, 0.25) is 0 Å². The van der Waals surface area contributed by atoms with Crippen LogP contribution < -0.4 is 14.8 Å². The van der Waals surface area contributed by atoms with Crippen molar-refractivity contribution < 1.29 is 14.3 Å². The van der Waals surface area contributed by atoms with E-state index < -0.39 is 0 Å². The van der Waals surface area contributed by atoms with Crippen LogP contribution >= 0.6 is 0 Å². The van der Waals surface area contributed by atoms with Crippen LogP contribution in [0.3, 0.4) is 0 Å². The van der Waals surface area contributed by atoms with Gasteiger partial charge in [0.15, 0.2) is 0 Å². The molecular weight excluding hydrogens is 246 g/mol. The maximum atomic E-state index is 12.0. The molecule has 1 heterocycles. The van der Waals surface area contributed by atoms with Crippen molar-refractivity contribution in [1.82, 2.24) is 9.78 Å². The van der Waals surface area contributed by atoms with Crippen LogP contribution in [0.15, 0.2) is 30.6 Å². The highest BCUT2D eigenvalue weighted by Crippen LogP contribution is 2.26. The monoisotopic (exact) mass is 261 g/mol. The smallest absolute Gasteiger partial charge is 0.258 e. The fourth-order valence-corrected chi connectivity index (χ4v) is 1.62. The minimum absolute atomic E-state index is 0.233. The zero-order valence-electron chi connectivity index (χ0n) is 11.0. The molecule has 0 fully saturated rings. The molecule has 2 aromatic rings. The number of benzene rings is 1. The third-order valence-corrected chi connectivity index (χ3v) is 2.58. The second-order valence-electron chi connectivity index (χ2n) is 3.96. The Bertz CT molecular complexity index is 570. The maximum absolute atomic E-state index is 12.0. The number of amides is 1. The molecule has 0 saturated carbocycles. The molecule has 1 aromatic carbocycles. The van der Waals surface area contributed by atoms with Crippen LogP contribution in [0.25, 0.3) is 0 Å². The summed E-state index contributed by atoms with van der Waals surface area (Å²) >= 11 is 0. The van der Waals surface area contributed by atoms with E-state index in [9.17, 15) is 4.79 Å². The molecule has 0 radical (unpaired) electrons. The zero-order valence-corrected chi connectivity index (χ0v) is 11.0. The molecule has 6 nitrogen and oxygen atoms in total. The molecule has 0 aliphatic carbocycles. The number of hydrogen-bond acceptors (Lipinski definition) is 4. The molecule has 1 N–H and O–H groups in total. The van der Waals surface area contributed by atoms with Gasteiger partial charge in [0.1, 0.15) is 11.5 Å². The topological polar surface area (TPSA) is 65.4 Å². The van der Waals surface area contributed by atoms with Gasteiger partial charge >= 0.3 is 0 Å². The fourth-order valence-electron chi connectivity index (χ4n) is 1.62. The number of carbonyl (C=O) groups is 1. The lowest BCUT2D eigenvalue weighted by Gasteiger charge is -2.09. The van der Waals surface area contributed by atoms with Gasteiger partial charge in [-0.25, -0.2) is 0 Å². The highest BCUT2D eigenvalue weighted by molar-refractivity contribution is 6.04. The Hall–Kier alpha value is -2.50. The van der Waals surface area contributed by atoms with E-state index in [0.717, 1.165) is 0 Å². The zero-order chi connectivity index (χ0) is 13.8. The van der Waals surface area contributed by atoms with Crippen molar-refractivity contribution in [2.45, 2.75) is 0 Å². The van der Waals surface area contributed by atoms with Crippen LogP contribution in [0.1, 0.15) is 10.4 Å². The maximum Gasteiger partial charge on any atom is 0.258 e. The second kappa shape index (κ2) is 5.43. The quantitative estimate of drug-likeness (QED) is 0.909. The van der Waals surface area contributed by atoms with Gasteiger partial charge in [-0.05, 0) is 0 Å². The third-order valence-electron chi connectivity index (χ3n) is 2.58. The number of anilines is 1. The molecule has 0 saturated heterocycles. The Kier molecular flexibility index (Phi) is 3.70. The summed E-state index contributed by atoms with van der Waals surface area (Å²) in [5.74, 6) is 0.991. The molecule has 100 valence electrons. The van der Waals surface area contributed by atoms with Crippen LogP contribution in [0, 0.1) is 0 Å². The van der Waals surface area contributed by atoms with Crippen LogP contribution in [0.2, 0.25) is 0 Å². The molecule has 6 heteroatoms. The molecule has 0 aliphatic heterocycles. The summed E-state index contributed by atoms with van der Waals surface area (Å²) in [5.41, 5.74) is 1.09. The standard InChI is InChI=1S/C13H15N3O3/c1-16-8-9(7-14-16)13(17)15-10-4-11(18-2)6-12(5-10)19-3/h4-8H,1-3H3,(H,15,17). The van der Waals surface area contributed by atoms with Crippen molar-refractivity contribution in [3.63, 3.8) is 0 Å². The van der Waals surface area contributed by atoms with E-state index in [4.69, 9.17) is 9.47 Å². The molecule has 0 unspecified atom stereocenters. The average Bonchev–Trinajstić information content (AvgIpc) is 2.85. The van der Waals surface area contributed by atoms with Crippen LogP contribution in [-0.4, -0.2) is 29.9 Å². The molecule has 19 heavy (non-hydrogen) atoms. The van der Waals surface area contributed by atoms with Crippen molar-refractivity contribution in [2.24, 2.45) is 7.05 Å². The van der Waals surface area contributed by atoms with Crippen LogP contribution in [0.5, 0.6) is 11.5 Å². The highest BCUT2D eigenvalue weighted by atomic mass is 16.5. The lowest BCUT2D eigenvalue weighted by Crippen LogP contribution is -2.11. The number of rotatable bonds is 4. The first-order valence-corrected chi connectivity index (χ1v) is 5.65. The molecule has 0 atom stereocenters. The van der Waals surface area contributed by atoms with E-state index in [2.05, 4.69) is 10.4 Å². The van der Waals surface area contributed by atoms with Gasteiger partial charge < -0.3 is 14.8 Å². The minimum Gasteiger partial charge on any atom is -0.497 e. The summed E-state index contributed by atoms with van der Waals surface area (Å²) in [6, 6.07) is 5.17. The molecule has 1 amide bonds. The molecule has 0 spiro atoms. The summed E-state index contributed by atoms with van der Waals surface area (Å²) in [7, 11) is 4.87. The van der Waals surface area contributed by atoms with E-state index >= 15 is 0 Å². The summed E-state index contributed by atoms with van der Waals surface area (Å²) in [5, 5.41) is 6.72. The van der Waals surface area contributed by atoms with Gasteiger partial charge in [-0.15, -0.1) is 0 Å². The van der Waals surface area contributed by atoms with Crippen molar-refractivity contribution >= 4 is 11.6 Å². The Labute approximate surface area is 110 Å². The van der Waals surface area contributed by atoms with Gasteiger partial charge in [0, 0.05) is 37.1 Å². The Morgan fingerprint density at radius 2 is 1.84 bits per heavy atom. The van der Waals surface area contributed by atoms with E-state index in [-0.39, 0.29) is 5.91 Å². The number of hydrogen-bond donors (Lipinski definition) is 1. The predicted molar refractivity (Wildman–Crippen MR) is 70.7 cm³/mol. The molecule has 1 aromatic heterocycles. The van der Waals surface area contributed by atoms with E-state index in [1.165, 1.54) is 6.20 Å². The highest BCUT2D eigenvalue weighted by Gasteiger charge is 2.09. The first-order chi connectivity index (χ1) is 9.12. The summed E-state index contributed by atoms with van der Waals surface area (Å²) < 4.78 is 11.9. The summed E-state index contributed by atoms with van der Waals surface area (Å²) in [6.07, 6.45) is 3.15. The lowest BCUT2D eigenvalue weighted by atomic mass is 10.2. The van der Waals surface area contributed by atoms with Gasteiger partial charge in [-0.2, -0.15) is 5.10 Å². The van der Waals surface area contributed by atoms with E-state index in [1.54, 1.807) is 50.3 Å². The largest absolute Gasteiger partial charge is 0.497 e. The SMILES string of the molecule is COc1cc(NC(=O)c2cnn(C)c2)cc(OC)c1. The van der Waals surface area contributed by atoms with E-state index in [0.29, 0.717) is 22.7 Å². The van der Waals surface area contributed by atoms with Crippen molar-refractivity contribution in [3.05, 3.63) is 36.2 Å². The fraction of sp³-hybridized carbons (Fsp3) is 0.231. The van der Waals surface area contributed by atoms with Crippen LogP contribution in [-0.2, 0) is 7.05 Å². The lowest BCUT2D eigenvalue weighted by molar-refractivity contribution is 0.102. The van der Waals surface area contributed by atoms with Crippen molar-refractivity contribution in [1.29, 1.82) is 0 Å². The number of ether oxygens (including phenoxy) is 2.